The number of para-hydroxylation sites is 2. The number of nitrogens with zero attached hydrogens (tertiary/aromatic N) is 1. The Balaban J connectivity index is 1.99. The second-order valence-corrected chi connectivity index (χ2v) is 6.33. The number of amides is 1. The summed E-state index contributed by atoms with van der Waals surface area (Å²) in [6, 6.07) is 13.0. The summed E-state index contributed by atoms with van der Waals surface area (Å²) in [5.41, 5.74) is 2.31. The highest BCUT2D eigenvalue weighted by Gasteiger charge is 2.24. The third kappa shape index (κ3) is 2.81. The number of halogens is 1. The molecule has 0 fully saturated rings. The SMILES string of the molecule is C[C@H]1CCN(C(=O)c2ccc(Br)c(O)c2)c2ccccc2N1. The lowest BCUT2D eigenvalue weighted by molar-refractivity contribution is 0.0986. The molecule has 0 saturated carbocycles. The van der Waals surface area contributed by atoms with Crippen LogP contribution in [0.25, 0.3) is 0 Å². The fourth-order valence-electron chi connectivity index (χ4n) is 2.62. The van der Waals surface area contributed by atoms with E-state index in [-0.39, 0.29) is 11.7 Å². The van der Waals surface area contributed by atoms with Crippen molar-refractivity contribution in [1.82, 2.24) is 0 Å². The summed E-state index contributed by atoms with van der Waals surface area (Å²) in [7, 11) is 0. The summed E-state index contributed by atoms with van der Waals surface area (Å²) in [5.74, 6) is -0.0356. The summed E-state index contributed by atoms with van der Waals surface area (Å²) in [6.07, 6.45) is 0.864. The zero-order valence-electron chi connectivity index (χ0n) is 12.2. The number of anilines is 2. The van der Waals surface area contributed by atoms with E-state index >= 15 is 0 Å². The van der Waals surface area contributed by atoms with Gasteiger partial charge in [0.1, 0.15) is 5.75 Å². The van der Waals surface area contributed by atoms with Crippen LogP contribution in [0.15, 0.2) is 46.9 Å². The van der Waals surface area contributed by atoms with Gasteiger partial charge in [0.05, 0.1) is 15.8 Å². The van der Waals surface area contributed by atoms with Crippen LogP contribution in [-0.2, 0) is 0 Å². The Morgan fingerprint density at radius 3 is 2.86 bits per heavy atom. The van der Waals surface area contributed by atoms with E-state index in [2.05, 4.69) is 28.2 Å². The van der Waals surface area contributed by atoms with Gasteiger partial charge in [0.25, 0.3) is 5.91 Å². The summed E-state index contributed by atoms with van der Waals surface area (Å²) in [5, 5.41) is 13.2. The maximum absolute atomic E-state index is 12.9. The third-order valence-corrected chi connectivity index (χ3v) is 4.49. The molecule has 2 aromatic rings. The molecule has 3 rings (SSSR count). The average Bonchev–Trinajstić information content (AvgIpc) is 2.67. The number of carbonyl (C=O) groups excluding carboxylic acids is 1. The quantitative estimate of drug-likeness (QED) is 0.807. The van der Waals surface area contributed by atoms with Crippen LogP contribution in [0, 0.1) is 0 Å². The molecule has 4 nitrogen and oxygen atoms in total. The van der Waals surface area contributed by atoms with Crippen LogP contribution < -0.4 is 10.2 Å². The molecule has 0 radical (unpaired) electrons. The van der Waals surface area contributed by atoms with Crippen LogP contribution in [0.1, 0.15) is 23.7 Å². The Kier molecular flexibility index (Phi) is 4.07. The van der Waals surface area contributed by atoms with Crippen LogP contribution in [0.5, 0.6) is 5.75 Å². The summed E-state index contributed by atoms with van der Waals surface area (Å²) >= 11 is 3.24. The molecule has 2 N–H and O–H groups in total. The number of aromatic hydroxyl groups is 1. The van der Waals surface area contributed by atoms with Crippen molar-refractivity contribution in [3.63, 3.8) is 0 Å². The molecule has 2 aromatic carbocycles. The molecule has 114 valence electrons. The van der Waals surface area contributed by atoms with Gasteiger partial charge in [0, 0.05) is 18.2 Å². The van der Waals surface area contributed by atoms with E-state index in [1.165, 1.54) is 6.07 Å². The van der Waals surface area contributed by atoms with Gasteiger partial charge in [-0.05, 0) is 59.6 Å². The number of phenols is 1. The summed E-state index contributed by atoms with van der Waals surface area (Å²) < 4.78 is 0.579. The van der Waals surface area contributed by atoms with Gasteiger partial charge < -0.3 is 15.3 Å². The predicted octanol–water partition coefficient (Wildman–Crippen LogP) is 4.01. The van der Waals surface area contributed by atoms with Crippen molar-refractivity contribution >= 4 is 33.2 Å². The minimum atomic E-state index is -0.105. The van der Waals surface area contributed by atoms with Crippen LogP contribution in [-0.4, -0.2) is 23.6 Å². The van der Waals surface area contributed by atoms with Gasteiger partial charge in [0.15, 0.2) is 0 Å². The standard InChI is InChI=1S/C17H17BrN2O2/c1-11-8-9-20(15-5-3-2-4-14(15)19-11)17(22)12-6-7-13(18)16(21)10-12/h2-7,10-11,19,21H,8-9H2,1H3/t11-/m0/s1. The molecule has 0 saturated heterocycles. The maximum atomic E-state index is 12.9. The van der Waals surface area contributed by atoms with Crippen molar-refractivity contribution in [2.45, 2.75) is 19.4 Å². The number of hydrogen-bond donors (Lipinski definition) is 2. The van der Waals surface area contributed by atoms with Gasteiger partial charge in [-0.15, -0.1) is 0 Å². The van der Waals surface area contributed by atoms with Crippen molar-refractivity contribution in [1.29, 1.82) is 0 Å². The van der Waals surface area contributed by atoms with Gasteiger partial charge in [0.2, 0.25) is 0 Å². The van der Waals surface area contributed by atoms with Crippen LogP contribution >= 0.6 is 15.9 Å². The lowest BCUT2D eigenvalue weighted by Gasteiger charge is -2.22. The number of phenolic OH excluding ortho intramolecular Hbond substituents is 1. The summed E-state index contributed by atoms with van der Waals surface area (Å²) in [4.78, 5) is 14.6. The number of benzene rings is 2. The molecule has 0 bridgehead atoms. The third-order valence-electron chi connectivity index (χ3n) is 3.82. The average molecular weight is 361 g/mol. The van der Waals surface area contributed by atoms with Crippen molar-refractivity contribution in [3.8, 4) is 5.75 Å². The number of hydrogen-bond acceptors (Lipinski definition) is 3. The number of carbonyl (C=O) groups is 1. The van der Waals surface area contributed by atoms with Gasteiger partial charge >= 0.3 is 0 Å². The van der Waals surface area contributed by atoms with Crippen LogP contribution in [0.2, 0.25) is 0 Å². The maximum Gasteiger partial charge on any atom is 0.258 e. The van der Waals surface area contributed by atoms with E-state index in [0.717, 1.165) is 17.8 Å². The Labute approximate surface area is 137 Å². The van der Waals surface area contributed by atoms with Gasteiger partial charge in [-0.2, -0.15) is 0 Å². The molecule has 22 heavy (non-hydrogen) atoms. The first kappa shape index (κ1) is 14.9. The largest absolute Gasteiger partial charge is 0.507 e. The van der Waals surface area contributed by atoms with E-state index in [1.807, 2.05) is 24.3 Å². The molecule has 1 aliphatic heterocycles. The van der Waals surface area contributed by atoms with E-state index in [1.54, 1.807) is 17.0 Å². The number of rotatable bonds is 1. The first-order valence-electron chi connectivity index (χ1n) is 7.22. The fraction of sp³-hybridized carbons (Fsp3) is 0.235. The van der Waals surface area contributed by atoms with E-state index in [0.29, 0.717) is 22.6 Å². The Bertz CT molecular complexity index is 718. The Morgan fingerprint density at radius 2 is 2.09 bits per heavy atom. The van der Waals surface area contributed by atoms with Gasteiger partial charge in [-0.1, -0.05) is 12.1 Å². The topological polar surface area (TPSA) is 52.6 Å². The molecule has 0 aliphatic carbocycles. The summed E-state index contributed by atoms with van der Waals surface area (Å²) in [6.45, 7) is 2.75. The minimum Gasteiger partial charge on any atom is -0.507 e. The predicted molar refractivity (Wildman–Crippen MR) is 91.6 cm³/mol. The van der Waals surface area contributed by atoms with Crippen LogP contribution in [0.4, 0.5) is 11.4 Å². The van der Waals surface area contributed by atoms with E-state index in [4.69, 9.17) is 0 Å². The van der Waals surface area contributed by atoms with E-state index < -0.39 is 0 Å². The zero-order valence-corrected chi connectivity index (χ0v) is 13.8. The molecule has 0 spiro atoms. The highest BCUT2D eigenvalue weighted by Crippen LogP contribution is 2.32. The molecular weight excluding hydrogens is 344 g/mol. The second kappa shape index (κ2) is 6.01. The number of fused-ring (bicyclic) bond motifs is 1. The lowest BCUT2D eigenvalue weighted by atomic mass is 10.1. The Hall–Kier alpha value is -2.01. The first-order valence-corrected chi connectivity index (χ1v) is 8.01. The molecule has 1 atom stereocenters. The van der Waals surface area contributed by atoms with Crippen LogP contribution in [0.3, 0.4) is 0 Å². The highest BCUT2D eigenvalue weighted by atomic mass is 79.9. The fourth-order valence-corrected chi connectivity index (χ4v) is 2.87. The molecule has 0 unspecified atom stereocenters. The Morgan fingerprint density at radius 1 is 1.32 bits per heavy atom. The highest BCUT2D eigenvalue weighted by molar-refractivity contribution is 9.10. The minimum absolute atomic E-state index is 0.0699. The molecule has 1 aliphatic rings. The molecule has 5 heteroatoms. The van der Waals surface area contributed by atoms with Gasteiger partial charge in [-0.25, -0.2) is 0 Å². The molecule has 1 heterocycles. The molecule has 1 amide bonds. The van der Waals surface area contributed by atoms with Crippen molar-refractivity contribution in [2.75, 3.05) is 16.8 Å². The molecular formula is C17H17BrN2O2. The van der Waals surface area contributed by atoms with Crippen molar-refractivity contribution in [3.05, 3.63) is 52.5 Å². The van der Waals surface area contributed by atoms with Gasteiger partial charge in [-0.3, -0.25) is 4.79 Å². The monoisotopic (exact) mass is 360 g/mol. The normalized spacial score (nSPS) is 17.4. The zero-order chi connectivity index (χ0) is 15.7. The van der Waals surface area contributed by atoms with Crippen molar-refractivity contribution < 1.29 is 9.90 Å². The number of nitrogens with one attached hydrogen (secondary N) is 1. The first-order chi connectivity index (χ1) is 10.6. The lowest BCUT2D eigenvalue weighted by Crippen LogP contribution is -2.32. The van der Waals surface area contributed by atoms with Crippen molar-refractivity contribution in [2.24, 2.45) is 0 Å². The smallest absolute Gasteiger partial charge is 0.258 e. The van der Waals surface area contributed by atoms with E-state index in [9.17, 15) is 9.90 Å². The second-order valence-electron chi connectivity index (χ2n) is 5.47. The molecule has 0 aromatic heterocycles.